The lowest BCUT2D eigenvalue weighted by Gasteiger charge is -2.29. The van der Waals surface area contributed by atoms with Crippen LogP contribution < -0.4 is 5.73 Å². The zero-order valence-corrected chi connectivity index (χ0v) is 12.7. The molecule has 0 aromatic heterocycles. The van der Waals surface area contributed by atoms with Crippen molar-refractivity contribution in [1.29, 1.82) is 0 Å². The van der Waals surface area contributed by atoms with Crippen molar-refractivity contribution in [3.05, 3.63) is 35.4 Å². The Balaban J connectivity index is 1.58. The van der Waals surface area contributed by atoms with Crippen molar-refractivity contribution in [3.63, 3.8) is 0 Å². The summed E-state index contributed by atoms with van der Waals surface area (Å²) in [4.78, 5) is 14.4. The molecule has 114 valence electrons. The maximum Gasteiger partial charge on any atom is 0.326 e. The first-order chi connectivity index (χ1) is 10.1. The fraction of sp³-hybridized carbons (Fsp3) is 0.588. The summed E-state index contributed by atoms with van der Waals surface area (Å²) in [5, 5.41) is 0. The van der Waals surface area contributed by atoms with Crippen LogP contribution in [0.5, 0.6) is 0 Å². The summed E-state index contributed by atoms with van der Waals surface area (Å²) in [6.07, 6.45) is 3.78. The lowest BCUT2D eigenvalue weighted by molar-refractivity contribution is -0.148. The summed E-state index contributed by atoms with van der Waals surface area (Å²) in [5.41, 5.74) is 8.42. The summed E-state index contributed by atoms with van der Waals surface area (Å²) in [5.74, 6) is 0.00312. The van der Waals surface area contributed by atoms with E-state index in [2.05, 4.69) is 29.2 Å². The van der Waals surface area contributed by atoms with Crippen LogP contribution in [0.4, 0.5) is 0 Å². The number of hydrogen-bond acceptors (Lipinski definition) is 4. The Morgan fingerprint density at radius 1 is 1.38 bits per heavy atom. The van der Waals surface area contributed by atoms with E-state index in [9.17, 15) is 4.79 Å². The molecule has 1 aliphatic heterocycles. The van der Waals surface area contributed by atoms with Gasteiger partial charge in [0.05, 0.1) is 7.11 Å². The van der Waals surface area contributed by atoms with Crippen molar-refractivity contribution >= 4 is 5.97 Å². The second-order valence-electron chi connectivity index (χ2n) is 6.39. The minimum Gasteiger partial charge on any atom is -0.468 e. The molecule has 0 radical (unpaired) electrons. The smallest absolute Gasteiger partial charge is 0.326 e. The Hall–Kier alpha value is -1.39. The Morgan fingerprint density at radius 2 is 2.05 bits per heavy atom. The van der Waals surface area contributed by atoms with Gasteiger partial charge in [-0.3, -0.25) is 9.69 Å². The predicted molar refractivity (Wildman–Crippen MR) is 81.4 cm³/mol. The minimum absolute atomic E-state index is 0.241. The Kier molecular flexibility index (Phi) is 4.00. The molecule has 0 amide bonds. The number of benzene rings is 1. The maximum atomic E-state index is 12.0. The number of esters is 1. The van der Waals surface area contributed by atoms with Gasteiger partial charge in [-0.1, -0.05) is 30.7 Å². The molecule has 3 rings (SSSR count). The lowest BCUT2D eigenvalue weighted by Crippen LogP contribution is -2.52. The highest BCUT2D eigenvalue weighted by molar-refractivity contribution is 5.81. The van der Waals surface area contributed by atoms with Crippen LogP contribution in [-0.2, 0) is 22.6 Å². The van der Waals surface area contributed by atoms with Crippen LogP contribution in [0.3, 0.4) is 0 Å². The van der Waals surface area contributed by atoms with Gasteiger partial charge in [-0.2, -0.15) is 0 Å². The average Bonchev–Trinajstić information content (AvgIpc) is 3.08. The number of nitrogens with two attached hydrogens (primary N) is 1. The quantitative estimate of drug-likeness (QED) is 0.862. The number of carbonyl (C=O) groups is 1. The van der Waals surface area contributed by atoms with E-state index in [1.165, 1.54) is 18.2 Å². The summed E-state index contributed by atoms with van der Waals surface area (Å²) >= 11 is 0. The van der Waals surface area contributed by atoms with Gasteiger partial charge in [0, 0.05) is 13.1 Å². The molecular formula is C17H24N2O2. The van der Waals surface area contributed by atoms with Gasteiger partial charge in [0.2, 0.25) is 0 Å². The van der Waals surface area contributed by atoms with Crippen LogP contribution in [0.15, 0.2) is 24.3 Å². The predicted octanol–water partition coefficient (Wildman–Crippen LogP) is 2.06. The molecule has 0 saturated heterocycles. The largest absolute Gasteiger partial charge is 0.468 e. The molecule has 2 N–H and O–H groups in total. The van der Waals surface area contributed by atoms with Crippen LogP contribution in [0.25, 0.3) is 0 Å². The molecule has 2 atom stereocenters. The average molecular weight is 288 g/mol. The van der Waals surface area contributed by atoms with Crippen LogP contribution in [-0.4, -0.2) is 30.1 Å². The zero-order chi connectivity index (χ0) is 14.9. The van der Waals surface area contributed by atoms with Gasteiger partial charge in [0.1, 0.15) is 5.54 Å². The fourth-order valence-corrected chi connectivity index (χ4v) is 3.86. The molecule has 1 fully saturated rings. The van der Waals surface area contributed by atoms with Gasteiger partial charge < -0.3 is 10.5 Å². The van der Waals surface area contributed by atoms with Crippen LogP contribution in [0, 0.1) is 5.92 Å². The van der Waals surface area contributed by atoms with Gasteiger partial charge in [0.15, 0.2) is 0 Å². The van der Waals surface area contributed by atoms with Crippen molar-refractivity contribution in [2.24, 2.45) is 11.7 Å². The topological polar surface area (TPSA) is 55.6 Å². The Labute approximate surface area is 126 Å². The molecule has 1 saturated carbocycles. The number of nitrogens with zero attached hydrogens (tertiary/aromatic N) is 1. The van der Waals surface area contributed by atoms with Crippen molar-refractivity contribution in [3.8, 4) is 0 Å². The Bertz CT molecular complexity index is 506. The van der Waals surface area contributed by atoms with E-state index in [4.69, 9.17) is 10.5 Å². The van der Waals surface area contributed by atoms with Gasteiger partial charge in [-0.25, -0.2) is 0 Å². The molecule has 4 heteroatoms. The van der Waals surface area contributed by atoms with E-state index >= 15 is 0 Å². The first kappa shape index (κ1) is 14.5. The second-order valence-corrected chi connectivity index (χ2v) is 6.39. The monoisotopic (exact) mass is 288 g/mol. The first-order valence-electron chi connectivity index (χ1n) is 7.80. The number of methoxy groups -OCH3 is 1. The van der Waals surface area contributed by atoms with Crippen molar-refractivity contribution in [1.82, 2.24) is 4.90 Å². The molecule has 21 heavy (non-hydrogen) atoms. The van der Waals surface area contributed by atoms with Crippen LogP contribution >= 0.6 is 0 Å². The number of carbonyl (C=O) groups excluding carboxylic acids is 1. The van der Waals surface area contributed by atoms with E-state index in [0.717, 1.165) is 45.3 Å². The van der Waals surface area contributed by atoms with Gasteiger partial charge in [-0.15, -0.1) is 0 Å². The van der Waals surface area contributed by atoms with Gasteiger partial charge in [-0.05, 0) is 42.9 Å². The highest BCUT2D eigenvalue weighted by atomic mass is 16.5. The van der Waals surface area contributed by atoms with Gasteiger partial charge in [0.25, 0.3) is 0 Å². The minimum atomic E-state index is -0.763. The summed E-state index contributed by atoms with van der Waals surface area (Å²) < 4.78 is 4.91. The normalized spacial score (nSPS) is 28.6. The van der Waals surface area contributed by atoms with Crippen molar-refractivity contribution < 1.29 is 9.53 Å². The standard InChI is InChI=1S/C17H24N2O2/c1-21-16(20)17(18)9-4-7-15(17)8-10-19-11-13-5-2-3-6-14(13)12-19/h2-3,5-6,15H,4,7-12,18H2,1H3. The number of rotatable bonds is 4. The third-order valence-corrected chi connectivity index (χ3v) is 5.14. The molecule has 2 aliphatic rings. The molecule has 2 unspecified atom stereocenters. The third kappa shape index (κ3) is 2.70. The molecule has 0 bridgehead atoms. The van der Waals surface area contributed by atoms with E-state index in [1.807, 2.05) is 0 Å². The fourth-order valence-electron chi connectivity index (χ4n) is 3.86. The number of ether oxygens (including phenoxy) is 1. The number of fused-ring (bicyclic) bond motifs is 1. The molecule has 1 aliphatic carbocycles. The summed E-state index contributed by atoms with van der Waals surface area (Å²) in [7, 11) is 1.43. The van der Waals surface area contributed by atoms with E-state index in [0.29, 0.717) is 0 Å². The molecule has 4 nitrogen and oxygen atoms in total. The van der Waals surface area contributed by atoms with E-state index in [1.54, 1.807) is 0 Å². The molecule has 1 aromatic rings. The molecule has 1 aromatic carbocycles. The maximum absolute atomic E-state index is 12.0. The van der Waals surface area contributed by atoms with E-state index < -0.39 is 5.54 Å². The Morgan fingerprint density at radius 3 is 2.67 bits per heavy atom. The molecule has 1 heterocycles. The number of hydrogen-bond donors (Lipinski definition) is 1. The SMILES string of the molecule is COC(=O)C1(N)CCCC1CCN1Cc2ccccc2C1. The second kappa shape index (κ2) is 5.78. The van der Waals surface area contributed by atoms with Crippen LogP contribution in [0.2, 0.25) is 0 Å². The van der Waals surface area contributed by atoms with Crippen LogP contribution in [0.1, 0.15) is 36.8 Å². The van der Waals surface area contributed by atoms with Crippen molar-refractivity contribution in [2.45, 2.75) is 44.3 Å². The van der Waals surface area contributed by atoms with Crippen molar-refractivity contribution in [2.75, 3.05) is 13.7 Å². The lowest BCUT2D eigenvalue weighted by atomic mass is 9.85. The molecular weight excluding hydrogens is 264 g/mol. The highest BCUT2D eigenvalue weighted by Crippen LogP contribution is 2.37. The molecule has 0 spiro atoms. The van der Waals surface area contributed by atoms with Gasteiger partial charge >= 0.3 is 5.97 Å². The summed E-state index contributed by atoms with van der Waals surface area (Å²) in [6, 6.07) is 8.60. The zero-order valence-electron chi connectivity index (χ0n) is 12.7. The highest BCUT2D eigenvalue weighted by Gasteiger charge is 2.46. The third-order valence-electron chi connectivity index (χ3n) is 5.14. The first-order valence-corrected chi connectivity index (χ1v) is 7.80. The summed E-state index contributed by atoms with van der Waals surface area (Å²) in [6.45, 7) is 3.02. The van der Waals surface area contributed by atoms with E-state index in [-0.39, 0.29) is 11.9 Å².